The molecule has 0 unspecified atom stereocenters. The minimum atomic E-state index is -4.20. The van der Waals surface area contributed by atoms with Crippen LogP contribution in [0.1, 0.15) is 0 Å². The van der Waals surface area contributed by atoms with Gasteiger partial charge in [-0.1, -0.05) is 11.6 Å². The lowest BCUT2D eigenvalue weighted by atomic mass is 10.3. The van der Waals surface area contributed by atoms with Gasteiger partial charge in [0.05, 0.1) is 23.0 Å². The van der Waals surface area contributed by atoms with E-state index in [2.05, 4.69) is 36.2 Å². The third kappa shape index (κ3) is 3.64. The van der Waals surface area contributed by atoms with Crippen LogP contribution in [-0.4, -0.2) is 35.7 Å². The van der Waals surface area contributed by atoms with Crippen molar-refractivity contribution in [1.29, 1.82) is 0 Å². The maximum Gasteiger partial charge on any atom is 0.265 e. The number of methoxy groups -OCH3 is 1. The Labute approximate surface area is 161 Å². The lowest BCUT2D eigenvalue weighted by molar-refractivity contribution is 0.400. The number of anilines is 1. The molecule has 12 heteroatoms. The predicted octanol–water partition coefficient (Wildman–Crippen LogP) is 3.03. The van der Waals surface area contributed by atoms with Gasteiger partial charge in [0.15, 0.2) is 5.75 Å². The molecule has 0 atom stereocenters. The van der Waals surface area contributed by atoms with E-state index in [1.807, 2.05) is 0 Å². The Morgan fingerprint density at radius 1 is 1.31 bits per heavy atom. The molecule has 26 heavy (non-hydrogen) atoms. The van der Waals surface area contributed by atoms with Crippen molar-refractivity contribution in [2.45, 2.75) is 4.90 Å². The Balaban J connectivity index is 2.05. The minimum Gasteiger partial charge on any atom is -0.494 e. The van der Waals surface area contributed by atoms with Gasteiger partial charge in [-0.05, 0) is 56.7 Å². The summed E-state index contributed by atoms with van der Waals surface area (Å²) in [5.41, 5.74) is 0.0875. The molecule has 0 bridgehead atoms. The average molecular weight is 463 g/mol. The molecule has 8 nitrogen and oxygen atoms in total. The number of benzene rings is 2. The van der Waals surface area contributed by atoms with Crippen molar-refractivity contribution in [2.75, 3.05) is 11.8 Å². The van der Waals surface area contributed by atoms with Gasteiger partial charge in [0.1, 0.15) is 17.0 Å². The topological polar surface area (TPSA) is 99.0 Å². The number of sulfonamides is 1. The molecule has 0 aliphatic rings. The summed E-state index contributed by atoms with van der Waals surface area (Å²) < 4.78 is 48.6. The van der Waals surface area contributed by atoms with Crippen LogP contribution >= 0.6 is 27.5 Å². The fourth-order valence-corrected chi connectivity index (χ4v) is 4.59. The van der Waals surface area contributed by atoms with Crippen LogP contribution in [0.4, 0.5) is 10.1 Å². The highest BCUT2D eigenvalue weighted by Gasteiger charge is 2.24. The van der Waals surface area contributed by atoms with Crippen LogP contribution in [0, 0.1) is 5.82 Å². The summed E-state index contributed by atoms with van der Waals surface area (Å²) in [6.45, 7) is 0. The third-order valence-corrected chi connectivity index (χ3v) is 5.45. The Morgan fingerprint density at radius 2 is 2.08 bits per heavy atom. The molecule has 3 aromatic rings. The third-order valence-electron chi connectivity index (χ3n) is 3.28. The quantitative estimate of drug-likeness (QED) is 0.626. The summed E-state index contributed by atoms with van der Waals surface area (Å²) in [5, 5.41) is 10.8. The first-order chi connectivity index (χ1) is 12.3. The molecule has 0 saturated carbocycles. The summed E-state index contributed by atoms with van der Waals surface area (Å²) in [4.78, 5) is -0.244. The molecule has 0 fully saturated rings. The van der Waals surface area contributed by atoms with Crippen molar-refractivity contribution >= 4 is 43.2 Å². The Hall–Kier alpha value is -2.24. The summed E-state index contributed by atoms with van der Waals surface area (Å²) >= 11 is 9.12. The number of halogens is 3. The predicted molar refractivity (Wildman–Crippen MR) is 95.6 cm³/mol. The highest BCUT2D eigenvalue weighted by Crippen LogP contribution is 2.36. The van der Waals surface area contributed by atoms with Crippen LogP contribution in [0.5, 0.6) is 5.75 Å². The smallest absolute Gasteiger partial charge is 0.265 e. The number of nitrogens with one attached hydrogen (secondary N) is 1. The van der Waals surface area contributed by atoms with Crippen molar-refractivity contribution in [3.8, 4) is 11.4 Å². The molecule has 0 saturated heterocycles. The second-order valence-corrected chi connectivity index (χ2v) is 7.88. The number of rotatable bonds is 5. The molecule has 0 aliphatic heterocycles. The van der Waals surface area contributed by atoms with Gasteiger partial charge in [0.25, 0.3) is 10.0 Å². The lowest BCUT2D eigenvalue weighted by Crippen LogP contribution is -2.15. The van der Waals surface area contributed by atoms with Crippen molar-refractivity contribution in [1.82, 2.24) is 20.2 Å². The zero-order chi connectivity index (χ0) is 18.9. The van der Waals surface area contributed by atoms with Crippen LogP contribution in [-0.2, 0) is 10.0 Å². The first-order valence-electron chi connectivity index (χ1n) is 6.90. The molecule has 2 aromatic carbocycles. The molecule has 1 N–H and O–H groups in total. The molecule has 136 valence electrons. The summed E-state index contributed by atoms with van der Waals surface area (Å²) in [5.74, 6) is -0.732. The zero-order valence-corrected chi connectivity index (χ0v) is 16.2. The lowest BCUT2D eigenvalue weighted by Gasteiger charge is -2.14. The Morgan fingerprint density at radius 3 is 2.73 bits per heavy atom. The number of hydrogen-bond donors (Lipinski definition) is 1. The summed E-state index contributed by atoms with van der Waals surface area (Å²) in [6, 6.07) is 6.45. The van der Waals surface area contributed by atoms with E-state index in [1.54, 1.807) is 0 Å². The van der Waals surface area contributed by atoms with E-state index < -0.39 is 15.8 Å². The number of aromatic nitrogens is 4. The molecule has 0 radical (unpaired) electrons. The number of nitrogens with zero attached hydrogens (tertiary/aromatic N) is 4. The molecular weight excluding hydrogens is 453 g/mol. The van der Waals surface area contributed by atoms with Gasteiger partial charge in [-0.3, -0.25) is 4.72 Å². The van der Waals surface area contributed by atoms with E-state index in [-0.39, 0.29) is 21.4 Å². The summed E-state index contributed by atoms with van der Waals surface area (Å²) in [6.07, 6.45) is 1.29. The van der Waals surface area contributed by atoms with Crippen LogP contribution in [0.3, 0.4) is 0 Å². The fraction of sp³-hybridized carbons (Fsp3) is 0.0714. The molecule has 0 aliphatic carbocycles. The number of hydrogen-bond acceptors (Lipinski definition) is 6. The zero-order valence-electron chi connectivity index (χ0n) is 13.0. The van der Waals surface area contributed by atoms with E-state index in [4.69, 9.17) is 16.3 Å². The highest BCUT2D eigenvalue weighted by molar-refractivity contribution is 9.10. The van der Waals surface area contributed by atoms with E-state index >= 15 is 0 Å². The average Bonchev–Trinajstić information content (AvgIpc) is 3.10. The first-order valence-corrected chi connectivity index (χ1v) is 9.56. The molecule has 0 spiro atoms. The van der Waals surface area contributed by atoms with E-state index in [1.165, 1.54) is 42.4 Å². The van der Waals surface area contributed by atoms with Gasteiger partial charge in [-0.25, -0.2) is 17.5 Å². The normalized spacial score (nSPS) is 11.4. The van der Waals surface area contributed by atoms with E-state index in [0.29, 0.717) is 10.2 Å². The molecule has 1 heterocycles. The molecule has 0 amide bonds. The fourth-order valence-electron chi connectivity index (χ4n) is 2.15. The highest BCUT2D eigenvalue weighted by atomic mass is 79.9. The van der Waals surface area contributed by atoms with Crippen LogP contribution in [0.2, 0.25) is 5.02 Å². The molecular formula is C14H10BrClFN5O3S. The number of ether oxygens (including phenoxy) is 1. The largest absolute Gasteiger partial charge is 0.494 e. The van der Waals surface area contributed by atoms with Crippen LogP contribution in [0.15, 0.2) is 46.0 Å². The van der Waals surface area contributed by atoms with Crippen molar-refractivity contribution < 1.29 is 17.5 Å². The van der Waals surface area contributed by atoms with Gasteiger partial charge in [-0.15, -0.1) is 5.10 Å². The second kappa shape index (κ2) is 7.17. The van der Waals surface area contributed by atoms with E-state index in [9.17, 15) is 12.8 Å². The van der Waals surface area contributed by atoms with Gasteiger partial charge in [0.2, 0.25) is 0 Å². The van der Waals surface area contributed by atoms with Crippen molar-refractivity contribution in [2.24, 2.45) is 0 Å². The first kappa shape index (κ1) is 18.5. The summed E-state index contributed by atoms with van der Waals surface area (Å²) in [7, 11) is -2.89. The SMILES string of the molecule is COc1c(Br)cc(Cl)cc1S(=O)(=O)Nc1cc(-n2cnnn2)ccc1F. The molecule has 1 aromatic heterocycles. The van der Waals surface area contributed by atoms with Gasteiger partial charge in [0, 0.05) is 5.02 Å². The second-order valence-electron chi connectivity index (χ2n) is 4.94. The van der Waals surface area contributed by atoms with Gasteiger partial charge in [-0.2, -0.15) is 0 Å². The monoisotopic (exact) mass is 461 g/mol. The van der Waals surface area contributed by atoms with Crippen molar-refractivity contribution in [3.05, 3.63) is 52.0 Å². The number of tetrazole rings is 1. The Kier molecular flexibility index (Phi) is 5.12. The van der Waals surface area contributed by atoms with Gasteiger partial charge >= 0.3 is 0 Å². The van der Waals surface area contributed by atoms with E-state index in [0.717, 1.165) is 6.07 Å². The minimum absolute atomic E-state index is 0.0407. The maximum atomic E-state index is 14.1. The standard InChI is InChI=1S/C14H10BrClFN5O3S/c1-25-14-10(15)4-8(16)5-13(14)26(23,24)19-12-6-9(2-3-11(12)17)22-7-18-20-21-22/h2-7,19H,1H3. The van der Waals surface area contributed by atoms with Crippen LogP contribution in [0.25, 0.3) is 5.69 Å². The molecule has 3 rings (SSSR count). The van der Waals surface area contributed by atoms with Crippen LogP contribution < -0.4 is 9.46 Å². The van der Waals surface area contributed by atoms with Crippen molar-refractivity contribution in [3.63, 3.8) is 0 Å². The van der Waals surface area contributed by atoms with Gasteiger partial charge < -0.3 is 4.74 Å². The maximum absolute atomic E-state index is 14.1. The Bertz CT molecular complexity index is 1060.